The first-order valence-electron chi connectivity index (χ1n) is 13.4. The normalized spacial score (nSPS) is 15.3. The number of carbonyl (C=O) groups is 1. The second kappa shape index (κ2) is 12.6. The van der Waals surface area contributed by atoms with Crippen molar-refractivity contribution in [3.05, 3.63) is 83.9 Å². The number of aromatic nitrogens is 3. The highest BCUT2D eigenvalue weighted by molar-refractivity contribution is 6.04. The zero-order chi connectivity index (χ0) is 30.6. The fourth-order valence-corrected chi connectivity index (χ4v) is 4.66. The van der Waals surface area contributed by atoms with E-state index in [0.717, 1.165) is 31.5 Å². The first-order valence-corrected chi connectivity index (χ1v) is 13.4. The lowest BCUT2D eigenvalue weighted by Crippen LogP contribution is -2.30. The second-order valence-electron chi connectivity index (χ2n) is 9.88. The second-order valence-corrected chi connectivity index (χ2v) is 9.88. The summed E-state index contributed by atoms with van der Waals surface area (Å²) in [5.41, 5.74) is -0.750. The number of ether oxygens (including phenoxy) is 2. The fraction of sp³-hybridized carbons (Fsp3) is 0.267. The quantitative estimate of drug-likeness (QED) is 0.219. The SMILES string of the molecule is CNc1nccc(-c2cccnc2Oc2cccc(C(=O)Nc3cc(OCC4CCCN4C)cc(C(F)(F)F)c3)c2F)n1. The standard InChI is InChI=1S/C30H28F4N6O3/c1-35-29-37-12-10-24(39-29)22-8-4-11-36-28(22)43-25-9-3-7-23(26(25)31)27(41)38-19-14-18(30(32,33)34)15-21(16-19)42-17-20-6-5-13-40(20)2/h3-4,7-12,14-16,20H,5-6,13,17H2,1-2H3,(H,38,41)(H,35,37,39). The molecule has 1 saturated heterocycles. The number of amides is 1. The number of pyridine rings is 1. The number of nitrogens with zero attached hydrogens (tertiary/aromatic N) is 4. The van der Waals surface area contributed by atoms with E-state index >= 15 is 4.39 Å². The van der Waals surface area contributed by atoms with E-state index in [0.29, 0.717) is 17.2 Å². The molecule has 5 rings (SSSR count). The van der Waals surface area contributed by atoms with Crippen molar-refractivity contribution in [2.75, 3.05) is 37.9 Å². The summed E-state index contributed by atoms with van der Waals surface area (Å²) in [7, 11) is 3.59. The number of benzene rings is 2. The van der Waals surface area contributed by atoms with Crippen LogP contribution in [0.4, 0.5) is 29.2 Å². The van der Waals surface area contributed by atoms with Gasteiger partial charge in [-0.25, -0.2) is 19.3 Å². The van der Waals surface area contributed by atoms with E-state index in [4.69, 9.17) is 9.47 Å². The Morgan fingerprint density at radius 3 is 2.67 bits per heavy atom. The Morgan fingerprint density at radius 2 is 1.93 bits per heavy atom. The summed E-state index contributed by atoms with van der Waals surface area (Å²) in [4.78, 5) is 27.8. The summed E-state index contributed by atoms with van der Waals surface area (Å²) in [5.74, 6) is -2.00. The number of rotatable bonds is 9. The van der Waals surface area contributed by atoms with Crippen LogP contribution in [0.3, 0.4) is 0 Å². The van der Waals surface area contributed by atoms with Crippen LogP contribution in [0.25, 0.3) is 11.3 Å². The molecule has 4 aromatic rings. The first-order chi connectivity index (χ1) is 20.6. The van der Waals surface area contributed by atoms with Crippen LogP contribution >= 0.6 is 0 Å². The van der Waals surface area contributed by atoms with Crippen molar-refractivity contribution in [1.29, 1.82) is 0 Å². The van der Waals surface area contributed by atoms with Gasteiger partial charge in [0.1, 0.15) is 12.4 Å². The zero-order valence-electron chi connectivity index (χ0n) is 23.3. The molecule has 1 atom stereocenters. The van der Waals surface area contributed by atoms with Gasteiger partial charge in [0.25, 0.3) is 5.91 Å². The molecule has 9 nitrogen and oxygen atoms in total. The van der Waals surface area contributed by atoms with E-state index in [1.165, 1.54) is 36.7 Å². The third-order valence-corrected chi connectivity index (χ3v) is 6.95. The monoisotopic (exact) mass is 596 g/mol. The lowest BCUT2D eigenvalue weighted by molar-refractivity contribution is -0.137. The Morgan fingerprint density at radius 1 is 1.09 bits per heavy atom. The number of carbonyl (C=O) groups excluding carboxylic acids is 1. The molecule has 43 heavy (non-hydrogen) atoms. The smallest absolute Gasteiger partial charge is 0.416 e. The molecule has 0 aliphatic carbocycles. The van der Waals surface area contributed by atoms with Crippen LogP contribution < -0.4 is 20.1 Å². The topological polar surface area (TPSA) is 102 Å². The Hall–Kier alpha value is -4.78. The van der Waals surface area contributed by atoms with E-state index < -0.39 is 29.0 Å². The summed E-state index contributed by atoms with van der Waals surface area (Å²) < 4.78 is 68.0. The first kappa shape index (κ1) is 29.7. The maximum atomic E-state index is 15.6. The van der Waals surface area contributed by atoms with Gasteiger partial charge in [0.15, 0.2) is 11.6 Å². The summed E-state index contributed by atoms with van der Waals surface area (Å²) in [6.45, 7) is 1.08. The summed E-state index contributed by atoms with van der Waals surface area (Å²) in [6.07, 6.45) is 0.133. The van der Waals surface area contributed by atoms with E-state index in [1.54, 1.807) is 25.2 Å². The Bertz CT molecular complexity index is 1620. The number of likely N-dealkylation sites (tertiary alicyclic amines) is 1. The molecule has 1 aliphatic heterocycles. The fourth-order valence-electron chi connectivity index (χ4n) is 4.66. The van der Waals surface area contributed by atoms with Gasteiger partial charge in [-0.15, -0.1) is 0 Å². The van der Waals surface area contributed by atoms with Gasteiger partial charge in [0.2, 0.25) is 11.8 Å². The molecule has 13 heteroatoms. The van der Waals surface area contributed by atoms with E-state index in [2.05, 4.69) is 30.5 Å². The van der Waals surface area contributed by atoms with Crippen molar-refractivity contribution in [3.8, 4) is 28.6 Å². The molecule has 2 aromatic heterocycles. The molecule has 0 spiro atoms. The molecular formula is C30H28F4N6O3. The minimum atomic E-state index is -4.69. The van der Waals surface area contributed by atoms with E-state index in [-0.39, 0.29) is 35.7 Å². The van der Waals surface area contributed by atoms with Crippen LogP contribution in [-0.4, -0.2) is 59.0 Å². The lowest BCUT2D eigenvalue weighted by Gasteiger charge is -2.20. The van der Waals surface area contributed by atoms with Crippen molar-refractivity contribution in [3.63, 3.8) is 0 Å². The van der Waals surface area contributed by atoms with Crippen LogP contribution in [0.2, 0.25) is 0 Å². The van der Waals surface area contributed by atoms with Crippen LogP contribution in [0.5, 0.6) is 17.4 Å². The number of alkyl halides is 3. The molecule has 1 aliphatic rings. The molecule has 1 unspecified atom stereocenters. The van der Waals surface area contributed by atoms with Crippen molar-refractivity contribution in [2.45, 2.75) is 25.1 Å². The number of anilines is 2. The van der Waals surface area contributed by atoms with Gasteiger partial charge in [-0.2, -0.15) is 13.2 Å². The maximum absolute atomic E-state index is 15.6. The van der Waals surface area contributed by atoms with E-state index in [9.17, 15) is 18.0 Å². The highest BCUT2D eigenvalue weighted by Crippen LogP contribution is 2.36. The van der Waals surface area contributed by atoms with Crippen molar-refractivity contribution in [1.82, 2.24) is 19.9 Å². The third-order valence-electron chi connectivity index (χ3n) is 6.95. The van der Waals surface area contributed by atoms with E-state index in [1.807, 2.05) is 7.05 Å². The molecular weight excluding hydrogens is 568 g/mol. The summed E-state index contributed by atoms with van der Waals surface area (Å²) in [6, 6.07) is 11.8. The molecule has 0 bridgehead atoms. The van der Waals surface area contributed by atoms with Crippen molar-refractivity contribution >= 4 is 17.5 Å². The molecule has 2 N–H and O–H groups in total. The van der Waals surface area contributed by atoms with Gasteiger partial charge in [0, 0.05) is 37.2 Å². The minimum Gasteiger partial charge on any atom is -0.492 e. The largest absolute Gasteiger partial charge is 0.492 e. The lowest BCUT2D eigenvalue weighted by atomic mass is 10.1. The van der Waals surface area contributed by atoms with Gasteiger partial charge >= 0.3 is 6.18 Å². The highest BCUT2D eigenvalue weighted by Gasteiger charge is 2.32. The number of likely N-dealkylation sites (N-methyl/N-ethyl adjacent to an activating group) is 1. The number of hydrogen-bond donors (Lipinski definition) is 2. The molecule has 1 fully saturated rings. The van der Waals surface area contributed by atoms with Gasteiger partial charge < -0.3 is 25.0 Å². The van der Waals surface area contributed by atoms with Crippen molar-refractivity contribution < 1.29 is 31.8 Å². The van der Waals surface area contributed by atoms with Crippen LogP contribution in [0, 0.1) is 5.82 Å². The zero-order valence-corrected chi connectivity index (χ0v) is 23.3. The van der Waals surface area contributed by atoms with Crippen LogP contribution in [0.1, 0.15) is 28.8 Å². The molecule has 2 aromatic carbocycles. The molecule has 224 valence electrons. The maximum Gasteiger partial charge on any atom is 0.416 e. The predicted octanol–water partition coefficient (Wildman–Crippen LogP) is 6.26. The van der Waals surface area contributed by atoms with Gasteiger partial charge in [-0.3, -0.25) is 4.79 Å². The van der Waals surface area contributed by atoms with Crippen LogP contribution in [0.15, 0.2) is 67.0 Å². The van der Waals surface area contributed by atoms with Gasteiger partial charge in [-0.1, -0.05) is 6.07 Å². The predicted molar refractivity (Wildman–Crippen MR) is 152 cm³/mol. The van der Waals surface area contributed by atoms with Gasteiger partial charge in [0.05, 0.1) is 22.4 Å². The Balaban J connectivity index is 1.38. The molecule has 0 saturated carbocycles. The van der Waals surface area contributed by atoms with Gasteiger partial charge in [-0.05, 0) is 68.9 Å². The average molecular weight is 597 g/mol. The number of halogens is 4. The summed E-state index contributed by atoms with van der Waals surface area (Å²) in [5, 5.41) is 5.20. The number of hydrogen-bond acceptors (Lipinski definition) is 8. The number of nitrogens with one attached hydrogen (secondary N) is 2. The summed E-state index contributed by atoms with van der Waals surface area (Å²) >= 11 is 0. The highest BCUT2D eigenvalue weighted by atomic mass is 19.4. The molecule has 1 amide bonds. The Kier molecular flexibility index (Phi) is 8.71. The third kappa shape index (κ3) is 7.00. The minimum absolute atomic E-state index is 0.0206. The Labute approximate surface area is 244 Å². The van der Waals surface area contributed by atoms with Crippen LogP contribution in [-0.2, 0) is 6.18 Å². The molecule has 3 heterocycles. The average Bonchev–Trinajstić information content (AvgIpc) is 3.41. The van der Waals surface area contributed by atoms with Crippen molar-refractivity contribution in [2.24, 2.45) is 0 Å². The molecule has 0 radical (unpaired) electrons.